The van der Waals surface area contributed by atoms with E-state index < -0.39 is 0 Å². The molecule has 1 aliphatic rings. The van der Waals surface area contributed by atoms with Crippen molar-refractivity contribution < 1.29 is 5.11 Å². The van der Waals surface area contributed by atoms with Crippen molar-refractivity contribution in [3.63, 3.8) is 0 Å². The number of benzene rings is 1. The smallest absolute Gasteiger partial charge is 0.0431 e. The van der Waals surface area contributed by atoms with E-state index in [1.165, 1.54) is 18.4 Å². The molecule has 0 bridgehead atoms. The van der Waals surface area contributed by atoms with Crippen LogP contribution in [-0.4, -0.2) is 18.3 Å². The number of hydrogen-bond donors (Lipinski definition) is 2. The molecule has 106 valence electrons. The maximum absolute atomic E-state index is 8.92. The van der Waals surface area contributed by atoms with Gasteiger partial charge in [0.2, 0.25) is 0 Å². The Labute approximate surface area is 121 Å². The van der Waals surface area contributed by atoms with Gasteiger partial charge in [-0.3, -0.25) is 0 Å². The lowest BCUT2D eigenvalue weighted by molar-refractivity contribution is 0.207. The van der Waals surface area contributed by atoms with Crippen molar-refractivity contribution in [2.45, 2.75) is 43.9 Å². The molecule has 0 atom stereocenters. The quantitative estimate of drug-likeness (QED) is 0.868. The number of rotatable bonds is 5. The molecule has 1 saturated carbocycles. The van der Waals surface area contributed by atoms with Gasteiger partial charge in [-0.2, -0.15) is 0 Å². The minimum Gasteiger partial charge on any atom is -0.396 e. The first-order valence-corrected chi connectivity index (χ1v) is 7.65. The second-order valence-electron chi connectivity index (χ2n) is 5.80. The second kappa shape index (κ2) is 6.74. The number of nitrogens with two attached hydrogens (primary N) is 1. The van der Waals surface area contributed by atoms with E-state index in [1.54, 1.807) is 0 Å². The van der Waals surface area contributed by atoms with Crippen molar-refractivity contribution in [3.8, 4) is 0 Å². The SMILES string of the molecule is NCC1(c2cccc(Cl)c2)CCC(CCCO)CC1. The van der Waals surface area contributed by atoms with E-state index in [9.17, 15) is 0 Å². The standard InChI is InChI=1S/C16H24ClNO/c17-15-5-1-4-14(11-15)16(12-18)8-6-13(7-9-16)3-2-10-19/h1,4-5,11,13,19H,2-3,6-10,12,18H2. The summed E-state index contributed by atoms with van der Waals surface area (Å²) >= 11 is 6.11. The fourth-order valence-corrected chi connectivity index (χ4v) is 3.52. The highest BCUT2D eigenvalue weighted by Gasteiger charge is 2.35. The van der Waals surface area contributed by atoms with Gasteiger partial charge in [0.25, 0.3) is 0 Å². The highest BCUT2D eigenvalue weighted by molar-refractivity contribution is 6.30. The van der Waals surface area contributed by atoms with E-state index >= 15 is 0 Å². The molecular formula is C16H24ClNO. The van der Waals surface area contributed by atoms with Gasteiger partial charge in [-0.25, -0.2) is 0 Å². The summed E-state index contributed by atoms with van der Waals surface area (Å²) in [4.78, 5) is 0. The molecule has 1 aromatic rings. The number of hydrogen-bond acceptors (Lipinski definition) is 2. The van der Waals surface area contributed by atoms with Crippen molar-refractivity contribution in [3.05, 3.63) is 34.9 Å². The summed E-state index contributed by atoms with van der Waals surface area (Å²) in [5.74, 6) is 0.756. The lowest BCUT2D eigenvalue weighted by Gasteiger charge is -2.40. The van der Waals surface area contributed by atoms with Crippen LogP contribution >= 0.6 is 11.6 Å². The molecule has 3 N–H and O–H groups in total. The highest BCUT2D eigenvalue weighted by atomic mass is 35.5. The normalized spacial score (nSPS) is 27.4. The molecule has 1 aliphatic carbocycles. The first kappa shape index (κ1) is 14.8. The van der Waals surface area contributed by atoms with E-state index in [-0.39, 0.29) is 5.41 Å². The van der Waals surface area contributed by atoms with Crippen molar-refractivity contribution in [2.24, 2.45) is 11.7 Å². The van der Waals surface area contributed by atoms with Crippen molar-refractivity contribution in [2.75, 3.05) is 13.2 Å². The Bertz CT molecular complexity index is 399. The minimum atomic E-state index is 0.112. The minimum absolute atomic E-state index is 0.112. The zero-order valence-electron chi connectivity index (χ0n) is 11.4. The van der Waals surface area contributed by atoms with Gasteiger partial charge in [-0.05, 0) is 62.1 Å². The lowest BCUT2D eigenvalue weighted by atomic mass is 9.66. The van der Waals surface area contributed by atoms with E-state index in [0.29, 0.717) is 13.2 Å². The van der Waals surface area contributed by atoms with Crippen LogP contribution in [0.15, 0.2) is 24.3 Å². The first-order chi connectivity index (χ1) is 9.20. The molecule has 0 unspecified atom stereocenters. The summed E-state index contributed by atoms with van der Waals surface area (Å²) in [7, 11) is 0. The van der Waals surface area contributed by atoms with E-state index in [4.69, 9.17) is 22.4 Å². The van der Waals surface area contributed by atoms with Crippen molar-refractivity contribution in [1.29, 1.82) is 0 Å². The van der Waals surface area contributed by atoms with Gasteiger partial charge in [0.1, 0.15) is 0 Å². The van der Waals surface area contributed by atoms with Gasteiger partial charge in [0.15, 0.2) is 0 Å². The molecular weight excluding hydrogens is 258 g/mol. The summed E-state index contributed by atoms with van der Waals surface area (Å²) in [6.45, 7) is 1.01. The second-order valence-corrected chi connectivity index (χ2v) is 6.24. The van der Waals surface area contributed by atoms with Crippen LogP contribution in [-0.2, 0) is 5.41 Å². The third kappa shape index (κ3) is 3.50. The molecule has 0 amide bonds. The van der Waals surface area contributed by atoms with Gasteiger partial charge < -0.3 is 10.8 Å². The summed E-state index contributed by atoms with van der Waals surface area (Å²) < 4.78 is 0. The predicted octanol–water partition coefficient (Wildman–Crippen LogP) is 3.50. The molecule has 1 fully saturated rings. The Morgan fingerprint density at radius 3 is 2.63 bits per heavy atom. The average molecular weight is 282 g/mol. The predicted molar refractivity (Wildman–Crippen MR) is 80.5 cm³/mol. The number of aliphatic hydroxyl groups excluding tert-OH is 1. The maximum Gasteiger partial charge on any atom is 0.0431 e. The molecule has 0 aromatic heterocycles. The molecule has 2 rings (SSSR count). The third-order valence-electron chi connectivity index (χ3n) is 4.66. The number of halogens is 1. The molecule has 19 heavy (non-hydrogen) atoms. The van der Waals surface area contributed by atoms with Crippen LogP contribution in [0.25, 0.3) is 0 Å². The molecule has 0 radical (unpaired) electrons. The van der Waals surface area contributed by atoms with Crippen molar-refractivity contribution in [1.82, 2.24) is 0 Å². The van der Waals surface area contributed by atoms with E-state index in [2.05, 4.69) is 12.1 Å². The van der Waals surface area contributed by atoms with E-state index in [1.807, 2.05) is 12.1 Å². The Hall–Kier alpha value is -0.570. The molecule has 0 saturated heterocycles. The van der Waals surface area contributed by atoms with Crippen LogP contribution in [0.5, 0.6) is 0 Å². The molecule has 0 heterocycles. The lowest BCUT2D eigenvalue weighted by Crippen LogP contribution is -2.39. The molecule has 2 nitrogen and oxygen atoms in total. The van der Waals surface area contributed by atoms with Gasteiger partial charge in [0.05, 0.1) is 0 Å². The van der Waals surface area contributed by atoms with Gasteiger partial charge in [0, 0.05) is 23.6 Å². The molecule has 1 aromatic carbocycles. The maximum atomic E-state index is 8.92. The summed E-state index contributed by atoms with van der Waals surface area (Å²) in [6.07, 6.45) is 6.78. The zero-order valence-corrected chi connectivity index (χ0v) is 12.2. The number of aliphatic hydroxyl groups is 1. The van der Waals surface area contributed by atoms with Gasteiger partial charge >= 0.3 is 0 Å². The molecule has 3 heteroatoms. The Kier molecular flexibility index (Phi) is 5.26. The topological polar surface area (TPSA) is 46.2 Å². The first-order valence-electron chi connectivity index (χ1n) is 7.27. The summed E-state index contributed by atoms with van der Waals surface area (Å²) in [6, 6.07) is 8.17. The highest BCUT2D eigenvalue weighted by Crippen LogP contribution is 2.42. The largest absolute Gasteiger partial charge is 0.396 e. The van der Waals surface area contributed by atoms with Gasteiger partial charge in [-0.15, -0.1) is 0 Å². The van der Waals surface area contributed by atoms with Crippen LogP contribution in [0.1, 0.15) is 44.1 Å². The fourth-order valence-electron chi connectivity index (χ4n) is 3.33. The fraction of sp³-hybridized carbons (Fsp3) is 0.625. The Morgan fingerprint density at radius 1 is 1.32 bits per heavy atom. The van der Waals surface area contributed by atoms with Crippen molar-refractivity contribution >= 4 is 11.6 Å². The molecule has 0 aliphatic heterocycles. The third-order valence-corrected chi connectivity index (χ3v) is 4.90. The monoisotopic (exact) mass is 281 g/mol. The van der Waals surface area contributed by atoms with Crippen LogP contribution in [0.2, 0.25) is 5.02 Å². The van der Waals surface area contributed by atoms with Gasteiger partial charge in [-0.1, -0.05) is 23.7 Å². The molecule has 0 spiro atoms. The zero-order chi connectivity index (χ0) is 13.7. The van der Waals surface area contributed by atoms with Crippen LogP contribution in [0.3, 0.4) is 0 Å². The van der Waals surface area contributed by atoms with Crippen LogP contribution < -0.4 is 5.73 Å². The van der Waals surface area contributed by atoms with Crippen LogP contribution in [0, 0.1) is 5.92 Å². The van der Waals surface area contributed by atoms with Crippen LogP contribution in [0.4, 0.5) is 0 Å². The Balaban J connectivity index is 2.05. The summed E-state index contributed by atoms with van der Waals surface area (Å²) in [5, 5.41) is 9.72. The summed E-state index contributed by atoms with van der Waals surface area (Å²) in [5.41, 5.74) is 7.49. The van der Waals surface area contributed by atoms with E-state index in [0.717, 1.165) is 36.6 Å². The Morgan fingerprint density at radius 2 is 2.05 bits per heavy atom. The average Bonchev–Trinajstić information content (AvgIpc) is 2.46.